The molecule has 0 saturated carbocycles. The van der Waals surface area contributed by atoms with E-state index in [1.807, 2.05) is 0 Å². The van der Waals surface area contributed by atoms with Gasteiger partial charge in [-0.1, -0.05) is 34.0 Å². The molecule has 7 nitrogen and oxygen atoms in total. The fourth-order valence-corrected chi connectivity index (χ4v) is 7.19. The SMILES string of the molecule is O=S(=O)(N(CCC1(c2ccccc2)OCCO1)S(=O)(=O)C(F)(F)C(F)(F)C(F)(F)C(F)(F)F)C(F)(F)C(F)(F)C(F)(F)C(F)(F)F. The molecule has 0 unspecified atom stereocenters. The van der Waals surface area contributed by atoms with Crippen molar-refractivity contribution < 1.29 is 105 Å². The van der Waals surface area contributed by atoms with Crippen LogP contribution in [-0.4, -0.2) is 86.9 Å². The fraction of sp³-hybridized carbons (Fsp3) is 0.684. The van der Waals surface area contributed by atoms with Crippen molar-refractivity contribution in [2.24, 2.45) is 0 Å². The van der Waals surface area contributed by atoms with Crippen molar-refractivity contribution in [1.82, 2.24) is 3.71 Å². The molecule has 1 aromatic carbocycles. The predicted molar refractivity (Wildman–Crippen MR) is 111 cm³/mol. The normalized spacial score (nSPS) is 18.3. The third kappa shape index (κ3) is 5.65. The van der Waals surface area contributed by atoms with Gasteiger partial charge in [0.2, 0.25) is 0 Å². The second-order valence-electron chi connectivity index (χ2n) is 8.90. The van der Waals surface area contributed by atoms with Gasteiger partial charge in [-0.25, -0.2) is 16.8 Å². The molecule has 1 saturated heterocycles. The van der Waals surface area contributed by atoms with Crippen LogP contribution in [0.1, 0.15) is 12.0 Å². The average molecular weight is 757 g/mol. The Hall–Kier alpha value is -2.26. The van der Waals surface area contributed by atoms with E-state index in [1.54, 1.807) is 0 Å². The Morgan fingerprint density at radius 3 is 1.20 bits per heavy atom. The van der Waals surface area contributed by atoms with E-state index in [1.165, 1.54) is 6.07 Å². The van der Waals surface area contributed by atoms with Crippen LogP contribution in [0.15, 0.2) is 30.3 Å². The molecule has 2 rings (SSSR count). The molecule has 0 radical (unpaired) electrons. The molecule has 1 heterocycles. The number of nitrogens with zero attached hydrogens (tertiary/aromatic N) is 1. The molecular formula is C19H13F18NO6S2. The van der Waals surface area contributed by atoms with Gasteiger partial charge in [0.15, 0.2) is 5.79 Å². The summed E-state index contributed by atoms with van der Waals surface area (Å²) < 4.78 is 300. The van der Waals surface area contributed by atoms with Crippen molar-refractivity contribution in [2.45, 2.75) is 58.8 Å². The quantitative estimate of drug-likeness (QED) is 0.240. The zero-order valence-corrected chi connectivity index (χ0v) is 22.9. The van der Waals surface area contributed by atoms with Crippen molar-refractivity contribution in [3.8, 4) is 0 Å². The molecule has 0 spiro atoms. The molecule has 1 fully saturated rings. The Morgan fingerprint density at radius 1 is 0.565 bits per heavy atom. The number of benzene rings is 1. The summed E-state index contributed by atoms with van der Waals surface area (Å²) in [5.41, 5.74) is -0.483. The van der Waals surface area contributed by atoms with Crippen LogP contribution in [0.3, 0.4) is 0 Å². The minimum absolute atomic E-state index is 0.483. The van der Waals surface area contributed by atoms with Crippen LogP contribution in [0.4, 0.5) is 79.0 Å². The molecule has 0 atom stereocenters. The standard InChI is InChI=1S/C19H13F18NO6S2/c20-12(21,16(28,29)30)14(24,25)18(34,35)45(39,40)38(7-6-11(43-8-9-44-11)10-4-2-1-3-5-10)46(41,42)19(36,37)15(26,27)13(22,23)17(31,32)33/h1-5H,6-9H2. The molecular weight excluding hydrogens is 744 g/mol. The monoisotopic (exact) mass is 757 g/mol. The van der Waals surface area contributed by atoms with Crippen LogP contribution in [0.2, 0.25) is 0 Å². The molecule has 1 aromatic rings. The maximum atomic E-state index is 14.6. The lowest BCUT2D eigenvalue weighted by atomic mass is 10.0. The summed E-state index contributed by atoms with van der Waals surface area (Å²) in [4.78, 5) is 0. The largest absolute Gasteiger partial charge is 0.460 e. The van der Waals surface area contributed by atoms with Crippen LogP contribution < -0.4 is 0 Å². The molecule has 1 aliphatic rings. The number of alkyl halides is 18. The highest BCUT2D eigenvalue weighted by Crippen LogP contribution is 2.58. The predicted octanol–water partition coefficient (Wildman–Crippen LogP) is 6.09. The third-order valence-corrected chi connectivity index (χ3v) is 10.4. The van der Waals surface area contributed by atoms with Crippen molar-refractivity contribution >= 4 is 20.0 Å². The van der Waals surface area contributed by atoms with Crippen LogP contribution in [0.25, 0.3) is 0 Å². The number of ether oxygens (including phenoxy) is 2. The summed E-state index contributed by atoms with van der Waals surface area (Å²) in [6.07, 6.45) is -17.6. The summed E-state index contributed by atoms with van der Waals surface area (Å²) in [7, 11) is -17.9. The van der Waals surface area contributed by atoms with Gasteiger partial charge in [0.1, 0.15) is 0 Å². The van der Waals surface area contributed by atoms with Gasteiger partial charge in [-0.2, -0.15) is 79.0 Å². The van der Waals surface area contributed by atoms with Gasteiger partial charge in [-0.05, 0) is 0 Å². The minimum atomic E-state index is -8.95. The molecule has 0 aromatic heterocycles. The second kappa shape index (κ2) is 11.4. The highest BCUT2D eigenvalue weighted by atomic mass is 32.3. The molecule has 0 bridgehead atoms. The van der Waals surface area contributed by atoms with E-state index >= 15 is 0 Å². The van der Waals surface area contributed by atoms with Gasteiger partial charge in [-0.3, -0.25) is 0 Å². The Labute approximate surface area is 244 Å². The molecule has 27 heteroatoms. The number of halogens is 18. The Bertz CT molecular complexity index is 1390. The molecule has 0 amide bonds. The van der Waals surface area contributed by atoms with Crippen LogP contribution >= 0.6 is 0 Å². The van der Waals surface area contributed by atoms with Crippen molar-refractivity contribution in [2.75, 3.05) is 19.8 Å². The first-order valence-corrected chi connectivity index (χ1v) is 14.0. The molecule has 1 aliphatic heterocycles. The van der Waals surface area contributed by atoms with Gasteiger partial charge >= 0.3 is 46.6 Å². The lowest BCUT2D eigenvalue weighted by molar-refractivity contribution is -0.383. The maximum Gasteiger partial charge on any atom is 0.460 e. The summed E-state index contributed by atoms with van der Waals surface area (Å²) in [6, 6.07) is 5.07. The molecule has 46 heavy (non-hydrogen) atoms. The lowest BCUT2D eigenvalue weighted by Gasteiger charge is -2.39. The average Bonchev–Trinajstić information content (AvgIpc) is 3.37. The first-order chi connectivity index (χ1) is 20.2. The van der Waals surface area contributed by atoms with Crippen molar-refractivity contribution in [3.05, 3.63) is 35.9 Å². The maximum absolute atomic E-state index is 14.6. The van der Waals surface area contributed by atoms with Crippen molar-refractivity contribution in [3.63, 3.8) is 0 Å². The van der Waals surface area contributed by atoms with Crippen LogP contribution in [-0.2, 0) is 35.3 Å². The fourth-order valence-electron chi connectivity index (χ4n) is 3.51. The Morgan fingerprint density at radius 2 is 0.891 bits per heavy atom. The highest BCUT2D eigenvalue weighted by Gasteiger charge is 2.89. The topological polar surface area (TPSA) is 90.0 Å². The highest BCUT2D eigenvalue weighted by molar-refractivity contribution is 8.05. The Balaban J connectivity index is 2.92. The minimum Gasteiger partial charge on any atom is -0.343 e. The van der Waals surface area contributed by atoms with E-state index in [4.69, 9.17) is 9.47 Å². The van der Waals surface area contributed by atoms with E-state index in [2.05, 4.69) is 0 Å². The second-order valence-corrected chi connectivity index (χ2v) is 12.9. The molecule has 268 valence electrons. The molecule has 0 N–H and O–H groups in total. The summed E-state index contributed by atoms with van der Waals surface area (Å²) in [6.45, 7) is -4.33. The summed E-state index contributed by atoms with van der Waals surface area (Å²) >= 11 is 0. The van der Waals surface area contributed by atoms with E-state index < -0.39 is 108 Å². The van der Waals surface area contributed by atoms with Gasteiger partial charge in [0.25, 0.3) is 20.0 Å². The van der Waals surface area contributed by atoms with Gasteiger partial charge in [-0.15, -0.1) is 0 Å². The number of hydrogen-bond donors (Lipinski definition) is 0. The van der Waals surface area contributed by atoms with E-state index in [0.717, 1.165) is 24.3 Å². The van der Waals surface area contributed by atoms with Crippen LogP contribution in [0, 0.1) is 0 Å². The number of rotatable bonds is 12. The first-order valence-electron chi connectivity index (χ1n) is 11.2. The smallest absolute Gasteiger partial charge is 0.343 e. The zero-order valence-electron chi connectivity index (χ0n) is 21.2. The summed E-state index contributed by atoms with van der Waals surface area (Å²) in [5, 5.41) is -16.6. The number of sulfonamides is 2. The number of hydrogen-bond acceptors (Lipinski definition) is 6. The van der Waals surface area contributed by atoms with E-state index in [0.29, 0.717) is 0 Å². The summed E-state index contributed by atoms with van der Waals surface area (Å²) in [5.74, 6) is -36.0. The van der Waals surface area contributed by atoms with Gasteiger partial charge < -0.3 is 9.47 Å². The Kier molecular flexibility index (Phi) is 9.91. The lowest BCUT2D eigenvalue weighted by Crippen LogP contribution is -2.69. The van der Waals surface area contributed by atoms with Gasteiger partial charge in [0, 0.05) is 18.5 Å². The van der Waals surface area contributed by atoms with E-state index in [9.17, 15) is 95.9 Å². The van der Waals surface area contributed by atoms with Gasteiger partial charge in [0.05, 0.1) is 13.2 Å². The van der Waals surface area contributed by atoms with E-state index in [-0.39, 0.29) is 0 Å². The third-order valence-electron chi connectivity index (χ3n) is 6.01. The first kappa shape index (κ1) is 39.9. The zero-order chi connectivity index (χ0) is 36.4. The van der Waals surface area contributed by atoms with Crippen molar-refractivity contribution in [1.29, 1.82) is 0 Å². The van der Waals surface area contributed by atoms with Crippen LogP contribution in [0.5, 0.6) is 0 Å². The molecule has 0 aliphatic carbocycles.